The van der Waals surface area contributed by atoms with Crippen molar-refractivity contribution in [1.82, 2.24) is 10.2 Å². The number of aryl methyl sites for hydroxylation is 1. The first-order chi connectivity index (χ1) is 14.3. The van der Waals surface area contributed by atoms with Gasteiger partial charge in [0, 0.05) is 0 Å². The van der Waals surface area contributed by atoms with Crippen molar-refractivity contribution in [1.29, 1.82) is 0 Å². The molecule has 0 aliphatic carbocycles. The van der Waals surface area contributed by atoms with E-state index >= 15 is 0 Å². The molecule has 1 N–H and O–H groups in total. The first-order valence-corrected chi connectivity index (χ1v) is 10.5. The van der Waals surface area contributed by atoms with Gasteiger partial charge in [-0.3, -0.25) is 9.69 Å². The van der Waals surface area contributed by atoms with Gasteiger partial charge in [0.25, 0.3) is 5.91 Å². The molecule has 0 saturated carbocycles. The second kappa shape index (κ2) is 9.44. The lowest BCUT2D eigenvalue weighted by molar-refractivity contribution is -0.143. The molecular formula is C21H18Br2N2O5. The molecule has 9 heteroatoms. The number of carbonyl (C=O) groups is 3. The Balaban J connectivity index is 1.78. The minimum atomic E-state index is -0.507. The van der Waals surface area contributed by atoms with Gasteiger partial charge < -0.3 is 14.8 Å². The Morgan fingerprint density at radius 3 is 2.37 bits per heavy atom. The van der Waals surface area contributed by atoms with Crippen LogP contribution in [0.4, 0.5) is 4.79 Å². The Morgan fingerprint density at radius 1 is 1.13 bits per heavy atom. The lowest BCUT2D eigenvalue weighted by Crippen LogP contribution is -2.30. The van der Waals surface area contributed by atoms with Crippen molar-refractivity contribution >= 4 is 55.8 Å². The number of hydrogen-bond acceptors (Lipinski definition) is 5. The minimum Gasteiger partial charge on any atom is -0.480 e. The van der Waals surface area contributed by atoms with Crippen LogP contribution >= 0.6 is 31.9 Å². The summed E-state index contributed by atoms with van der Waals surface area (Å²) in [5, 5.41) is 2.61. The lowest BCUT2D eigenvalue weighted by atomic mass is 10.1. The standard InChI is InChI=1S/C21H18Br2N2O5/c1-12-3-5-13(6-4-12)10-25-20(27)17(24-21(25)28)9-14-7-15(22)19(16(23)8-14)30-11-18(26)29-2/h3-9H,10-11H2,1-2H3,(H,24,28)/b17-9+. The average Bonchev–Trinajstić information content (AvgIpc) is 2.96. The molecule has 1 fully saturated rings. The Bertz CT molecular complexity index is 1010. The molecule has 156 valence electrons. The van der Waals surface area contributed by atoms with Gasteiger partial charge in [-0.2, -0.15) is 0 Å². The summed E-state index contributed by atoms with van der Waals surface area (Å²) in [5.41, 5.74) is 2.80. The molecule has 1 aliphatic rings. The third-order valence-corrected chi connectivity index (χ3v) is 5.50. The smallest absolute Gasteiger partial charge is 0.343 e. The molecular weight excluding hydrogens is 520 g/mol. The summed E-state index contributed by atoms with van der Waals surface area (Å²) in [6, 6.07) is 10.6. The highest BCUT2D eigenvalue weighted by Gasteiger charge is 2.33. The van der Waals surface area contributed by atoms with Gasteiger partial charge in [0.15, 0.2) is 6.61 Å². The molecule has 1 heterocycles. The number of methoxy groups -OCH3 is 1. The van der Waals surface area contributed by atoms with Gasteiger partial charge in [-0.25, -0.2) is 9.59 Å². The first kappa shape index (κ1) is 22.0. The maximum Gasteiger partial charge on any atom is 0.343 e. The summed E-state index contributed by atoms with van der Waals surface area (Å²) in [5.74, 6) is -0.489. The number of esters is 1. The molecule has 0 atom stereocenters. The van der Waals surface area contributed by atoms with Crippen molar-refractivity contribution in [2.75, 3.05) is 13.7 Å². The van der Waals surface area contributed by atoms with Gasteiger partial charge in [0.2, 0.25) is 0 Å². The number of carbonyl (C=O) groups excluding carboxylic acids is 3. The van der Waals surface area contributed by atoms with E-state index in [4.69, 9.17) is 4.74 Å². The zero-order valence-corrected chi connectivity index (χ0v) is 19.4. The van der Waals surface area contributed by atoms with Gasteiger partial charge >= 0.3 is 12.0 Å². The van der Waals surface area contributed by atoms with Crippen LogP contribution in [-0.4, -0.2) is 36.5 Å². The third kappa shape index (κ3) is 5.09. The van der Waals surface area contributed by atoms with Crippen LogP contribution in [0.3, 0.4) is 0 Å². The number of urea groups is 1. The van der Waals surface area contributed by atoms with Gasteiger partial charge in [-0.05, 0) is 68.1 Å². The van der Waals surface area contributed by atoms with Crippen molar-refractivity contribution < 1.29 is 23.9 Å². The number of nitrogens with one attached hydrogen (secondary N) is 1. The van der Waals surface area contributed by atoms with Crippen molar-refractivity contribution in [2.24, 2.45) is 0 Å². The third-order valence-electron chi connectivity index (χ3n) is 4.32. The number of benzene rings is 2. The van der Waals surface area contributed by atoms with E-state index in [1.807, 2.05) is 31.2 Å². The normalized spacial score (nSPS) is 14.8. The van der Waals surface area contributed by atoms with E-state index in [0.717, 1.165) is 16.0 Å². The van der Waals surface area contributed by atoms with E-state index in [1.54, 1.807) is 18.2 Å². The molecule has 3 rings (SSSR count). The van der Waals surface area contributed by atoms with Crippen LogP contribution in [0.25, 0.3) is 6.08 Å². The summed E-state index contributed by atoms with van der Waals surface area (Å²) in [6.07, 6.45) is 1.58. The first-order valence-electron chi connectivity index (χ1n) is 8.87. The van der Waals surface area contributed by atoms with Crippen LogP contribution in [0.1, 0.15) is 16.7 Å². The van der Waals surface area contributed by atoms with Crippen LogP contribution in [0, 0.1) is 6.92 Å². The van der Waals surface area contributed by atoms with E-state index in [2.05, 4.69) is 41.9 Å². The fourth-order valence-corrected chi connectivity index (χ4v) is 4.20. The fraction of sp³-hybridized carbons (Fsp3) is 0.190. The van der Waals surface area contributed by atoms with Crippen LogP contribution in [0.2, 0.25) is 0 Å². The summed E-state index contributed by atoms with van der Waals surface area (Å²) in [7, 11) is 1.28. The number of amides is 3. The largest absolute Gasteiger partial charge is 0.480 e. The summed E-state index contributed by atoms with van der Waals surface area (Å²) in [4.78, 5) is 37.4. The molecule has 7 nitrogen and oxygen atoms in total. The number of imide groups is 1. The van der Waals surface area contributed by atoms with E-state index in [-0.39, 0.29) is 18.8 Å². The molecule has 1 aliphatic heterocycles. The number of ether oxygens (including phenoxy) is 2. The van der Waals surface area contributed by atoms with Gasteiger partial charge in [0.05, 0.1) is 22.6 Å². The zero-order chi connectivity index (χ0) is 21.8. The van der Waals surface area contributed by atoms with Gasteiger partial charge in [-0.15, -0.1) is 0 Å². The van der Waals surface area contributed by atoms with E-state index in [1.165, 1.54) is 7.11 Å². The number of nitrogens with zero attached hydrogens (tertiary/aromatic N) is 1. The van der Waals surface area contributed by atoms with Crippen LogP contribution in [0.15, 0.2) is 51.0 Å². The Kier molecular flexibility index (Phi) is 6.94. The molecule has 2 aromatic rings. The van der Waals surface area contributed by atoms with Crippen molar-refractivity contribution in [2.45, 2.75) is 13.5 Å². The maximum absolute atomic E-state index is 12.7. The number of halogens is 2. The zero-order valence-electron chi connectivity index (χ0n) is 16.2. The highest BCUT2D eigenvalue weighted by molar-refractivity contribution is 9.11. The molecule has 1 saturated heterocycles. The maximum atomic E-state index is 12.7. The average molecular weight is 538 g/mol. The van der Waals surface area contributed by atoms with E-state index in [0.29, 0.717) is 20.3 Å². The molecule has 0 unspecified atom stereocenters. The predicted molar refractivity (Wildman–Crippen MR) is 118 cm³/mol. The molecule has 2 aromatic carbocycles. The summed E-state index contributed by atoms with van der Waals surface area (Å²) in [6.45, 7) is 1.92. The highest BCUT2D eigenvalue weighted by Crippen LogP contribution is 2.35. The summed E-state index contributed by atoms with van der Waals surface area (Å²) >= 11 is 6.78. The number of rotatable bonds is 6. The summed E-state index contributed by atoms with van der Waals surface area (Å²) < 4.78 is 11.1. The van der Waals surface area contributed by atoms with E-state index < -0.39 is 17.9 Å². The van der Waals surface area contributed by atoms with Crippen molar-refractivity contribution in [3.05, 3.63) is 67.7 Å². The lowest BCUT2D eigenvalue weighted by Gasteiger charge is -2.12. The minimum absolute atomic E-state index is 0.175. The quantitative estimate of drug-likeness (QED) is 0.340. The van der Waals surface area contributed by atoms with Gasteiger partial charge in [-0.1, -0.05) is 29.8 Å². The molecule has 0 spiro atoms. The number of hydrogen-bond donors (Lipinski definition) is 1. The van der Waals surface area contributed by atoms with Crippen molar-refractivity contribution in [3.63, 3.8) is 0 Å². The van der Waals surface area contributed by atoms with Gasteiger partial charge in [0.1, 0.15) is 11.4 Å². The molecule has 0 radical (unpaired) electrons. The Labute approximate surface area is 190 Å². The Hall–Kier alpha value is -2.65. The topological polar surface area (TPSA) is 84.9 Å². The predicted octanol–water partition coefficient (Wildman–Crippen LogP) is 4.16. The SMILES string of the molecule is COC(=O)COc1c(Br)cc(/C=C2/NC(=O)N(Cc3ccc(C)cc3)C2=O)cc1Br. The van der Waals surface area contributed by atoms with Crippen LogP contribution < -0.4 is 10.1 Å². The molecule has 30 heavy (non-hydrogen) atoms. The monoisotopic (exact) mass is 536 g/mol. The second-order valence-corrected chi connectivity index (χ2v) is 8.25. The van der Waals surface area contributed by atoms with Crippen molar-refractivity contribution in [3.8, 4) is 5.75 Å². The van der Waals surface area contributed by atoms with E-state index in [9.17, 15) is 14.4 Å². The fourth-order valence-electron chi connectivity index (χ4n) is 2.75. The highest BCUT2D eigenvalue weighted by atomic mass is 79.9. The second-order valence-electron chi connectivity index (χ2n) is 6.54. The molecule has 0 aromatic heterocycles. The van der Waals surface area contributed by atoms with Crippen LogP contribution in [0.5, 0.6) is 5.75 Å². The molecule has 3 amide bonds. The molecule has 0 bridgehead atoms. The van der Waals surface area contributed by atoms with Crippen LogP contribution in [-0.2, 0) is 20.9 Å². The Morgan fingerprint density at radius 2 is 1.77 bits per heavy atom.